The third-order valence-corrected chi connectivity index (χ3v) is 4.53. The second-order valence-corrected chi connectivity index (χ2v) is 6.42. The summed E-state index contributed by atoms with van der Waals surface area (Å²) in [7, 11) is 0. The standard InChI is InChI=1S/C19H17ClN4O2/c20-16-2-4-17(5-3-16)24-13-15(12-22-24)18-6-1-14(11-21-18)19(25)23-7-9-26-10-8-23/h1-6,11-13H,7-10H2. The summed E-state index contributed by atoms with van der Waals surface area (Å²) in [6.45, 7) is 2.41. The Morgan fingerprint density at radius 2 is 1.81 bits per heavy atom. The van der Waals surface area contributed by atoms with Gasteiger partial charge in [-0.2, -0.15) is 5.10 Å². The highest BCUT2D eigenvalue weighted by Gasteiger charge is 2.18. The van der Waals surface area contributed by atoms with Crippen molar-refractivity contribution in [2.45, 2.75) is 0 Å². The molecule has 0 radical (unpaired) electrons. The highest BCUT2D eigenvalue weighted by Crippen LogP contribution is 2.20. The van der Waals surface area contributed by atoms with Gasteiger partial charge in [-0.15, -0.1) is 0 Å². The van der Waals surface area contributed by atoms with E-state index in [4.69, 9.17) is 16.3 Å². The fourth-order valence-corrected chi connectivity index (χ4v) is 2.96. The Kier molecular flexibility index (Phi) is 4.69. The molecule has 1 aliphatic heterocycles. The van der Waals surface area contributed by atoms with Crippen LogP contribution in [-0.4, -0.2) is 51.9 Å². The number of halogens is 1. The summed E-state index contributed by atoms with van der Waals surface area (Å²) < 4.78 is 7.05. The molecule has 3 aromatic rings. The number of morpholine rings is 1. The van der Waals surface area contributed by atoms with Gasteiger partial charge in [-0.3, -0.25) is 9.78 Å². The minimum atomic E-state index is -0.00999. The van der Waals surface area contributed by atoms with E-state index in [1.165, 1.54) is 0 Å². The third kappa shape index (κ3) is 3.47. The number of nitrogens with zero attached hydrogens (tertiary/aromatic N) is 4. The Hall–Kier alpha value is -2.70. The van der Waals surface area contributed by atoms with E-state index in [-0.39, 0.29) is 5.91 Å². The number of hydrogen-bond acceptors (Lipinski definition) is 4. The van der Waals surface area contributed by atoms with E-state index >= 15 is 0 Å². The van der Waals surface area contributed by atoms with Gasteiger partial charge in [0, 0.05) is 36.1 Å². The maximum atomic E-state index is 12.5. The van der Waals surface area contributed by atoms with E-state index < -0.39 is 0 Å². The zero-order valence-electron chi connectivity index (χ0n) is 14.0. The molecule has 0 unspecified atom stereocenters. The predicted octanol–water partition coefficient (Wildman–Crippen LogP) is 3.06. The number of carbonyl (C=O) groups is 1. The van der Waals surface area contributed by atoms with Crippen molar-refractivity contribution in [1.29, 1.82) is 0 Å². The first-order valence-electron chi connectivity index (χ1n) is 8.35. The Labute approximate surface area is 156 Å². The molecular formula is C19H17ClN4O2. The minimum absolute atomic E-state index is 0.00999. The number of benzene rings is 1. The van der Waals surface area contributed by atoms with Crippen molar-refractivity contribution in [2.75, 3.05) is 26.3 Å². The second kappa shape index (κ2) is 7.27. The van der Waals surface area contributed by atoms with Gasteiger partial charge >= 0.3 is 0 Å². The maximum Gasteiger partial charge on any atom is 0.255 e. The molecule has 7 heteroatoms. The summed E-state index contributed by atoms with van der Waals surface area (Å²) in [5.41, 5.74) is 3.15. The van der Waals surface area contributed by atoms with Crippen LogP contribution in [0.25, 0.3) is 16.9 Å². The van der Waals surface area contributed by atoms with Crippen LogP contribution in [0.3, 0.4) is 0 Å². The number of amides is 1. The van der Waals surface area contributed by atoms with Crippen LogP contribution < -0.4 is 0 Å². The summed E-state index contributed by atoms with van der Waals surface area (Å²) in [5, 5.41) is 5.05. The third-order valence-electron chi connectivity index (χ3n) is 4.28. The van der Waals surface area contributed by atoms with Gasteiger partial charge in [-0.1, -0.05) is 11.6 Å². The number of ether oxygens (including phenoxy) is 1. The van der Waals surface area contributed by atoms with Crippen molar-refractivity contribution in [3.63, 3.8) is 0 Å². The van der Waals surface area contributed by atoms with Crippen molar-refractivity contribution in [3.05, 3.63) is 65.6 Å². The van der Waals surface area contributed by atoms with E-state index in [0.717, 1.165) is 16.9 Å². The number of rotatable bonds is 3. The van der Waals surface area contributed by atoms with Crippen LogP contribution in [0.5, 0.6) is 0 Å². The molecule has 0 aliphatic carbocycles. The highest BCUT2D eigenvalue weighted by atomic mass is 35.5. The molecule has 0 N–H and O–H groups in total. The van der Waals surface area contributed by atoms with Crippen LogP contribution in [0, 0.1) is 0 Å². The molecule has 1 aliphatic rings. The minimum Gasteiger partial charge on any atom is -0.378 e. The topological polar surface area (TPSA) is 60.2 Å². The van der Waals surface area contributed by atoms with Gasteiger partial charge in [-0.05, 0) is 36.4 Å². The summed E-state index contributed by atoms with van der Waals surface area (Å²) in [6, 6.07) is 11.1. The molecule has 2 aromatic heterocycles. The molecule has 3 heterocycles. The van der Waals surface area contributed by atoms with Crippen LogP contribution in [-0.2, 0) is 4.74 Å². The van der Waals surface area contributed by atoms with Crippen molar-refractivity contribution >= 4 is 17.5 Å². The molecule has 1 fully saturated rings. The second-order valence-electron chi connectivity index (χ2n) is 5.99. The number of hydrogen-bond donors (Lipinski definition) is 0. The summed E-state index contributed by atoms with van der Waals surface area (Å²) in [4.78, 5) is 18.7. The summed E-state index contributed by atoms with van der Waals surface area (Å²) in [6.07, 6.45) is 5.27. The Morgan fingerprint density at radius 1 is 1.04 bits per heavy atom. The lowest BCUT2D eigenvalue weighted by molar-refractivity contribution is 0.0302. The van der Waals surface area contributed by atoms with Crippen LogP contribution in [0.1, 0.15) is 10.4 Å². The number of aromatic nitrogens is 3. The quantitative estimate of drug-likeness (QED) is 0.713. The van der Waals surface area contributed by atoms with Gasteiger partial charge in [0.05, 0.1) is 36.4 Å². The van der Waals surface area contributed by atoms with Gasteiger partial charge in [0.15, 0.2) is 0 Å². The van der Waals surface area contributed by atoms with Crippen molar-refractivity contribution in [1.82, 2.24) is 19.7 Å². The van der Waals surface area contributed by atoms with Gasteiger partial charge < -0.3 is 9.64 Å². The molecule has 0 bridgehead atoms. The molecule has 0 spiro atoms. The summed E-state index contributed by atoms with van der Waals surface area (Å²) in [5.74, 6) is -0.00999. The molecule has 1 amide bonds. The SMILES string of the molecule is O=C(c1ccc(-c2cnn(-c3ccc(Cl)cc3)c2)nc1)N1CCOCC1. The molecule has 1 saturated heterocycles. The molecule has 132 valence electrons. The van der Waals surface area contributed by atoms with Gasteiger partial charge in [0.25, 0.3) is 5.91 Å². The van der Waals surface area contributed by atoms with E-state index in [0.29, 0.717) is 36.9 Å². The van der Waals surface area contributed by atoms with E-state index in [1.807, 2.05) is 36.5 Å². The molecular weight excluding hydrogens is 352 g/mol. The van der Waals surface area contributed by atoms with E-state index in [1.54, 1.807) is 28.0 Å². The zero-order valence-corrected chi connectivity index (χ0v) is 14.8. The van der Waals surface area contributed by atoms with Crippen LogP contribution in [0.15, 0.2) is 55.0 Å². The summed E-state index contributed by atoms with van der Waals surface area (Å²) >= 11 is 5.92. The molecule has 0 saturated carbocycles. The van der Waals surface area contributed by atoms with Crippen molar-refractivity contribution in [3.8, 4) is 16.9 Å². The molecule has 6 nitrogen and oxygen atoms in total. The smallest absolute Gasteiger partial charge is 0.255 e. The zero-order chi connectivity index (χ0) is 17.9. The maximum absolute atomic E-state index is 12.5. The van der Waals surface area contributed by atoms with Gasteiger partial charge in [0.2, 0.25) is 0 Å². The van der Waals surface area contributed by atoms with Crippen molar-refractivity contribution < 1.29 is 9.53 Å². The molecule has 0 atom stereocenters. The average Bonchev–Trinajstić information content (AvgIpc) is 3.19. The lowest BCUT2D eigenvalue weighted by atomic mass is 10.2. The fraction of sp³-hybridized carbons (Fsp3) is 0.211. The lowest BCUT2D eigenvalue weighted by Crippen LogP contribution is -2.40. The normalized spacial score (nSPS) is 14.4. The molecule has 26 heavy (non-hydrogen) atoms. The van der Waals surface area contributed by atoms with E-state index in [2.05, 4.69) is 10.1 Å². The average molecular weight is 369 g/mol. The van der Waals surface area contributed by atoms with Crippen LogP contribution >= 0.6 is 11.6 Å². The first-order valence-corrected chi connectivity index (χ1v) is 8.72. The first-order chi connectivity index (χ1) is 12.7. The predicted molar refractivity (Wildman–Crippen MR) is 98.5 cm³/mol. The Bertz CT molecular complexity index is 900. The fourth-order valence-electron chi connectivity index (χ4n) is 2.83. The van der Waals surface area contributed by atoms with Gasteiger partial charge in [-0.25, -0.2) is 4.68 Å². The van der Waals surface area contributed by atoms with Crippen LogP contribution in [0.4, 0.5) is 0 Å². The molecule has 4 rings (SSSR count). The first kappa shape index (κ1) is 16.8. The largest absolute Gasteiger partial charge is 0.378 e. The van der Waals surface area contributed by atoms with Gasteiger partial charge in [0.1, 0.15) is 0 Å². The Morgan fingerprint density at radius 3 is 2.50 bits per heavy atom. The Balaban J connectivity index is 1.52. The highest BCUT2D eigenvalue weighted by molar-refractivity contribution is 6.30. The molecule has 1 aromatic carbocycles. The lowest BCUT2D eigenvalue weighted by Gasteiger charge is -2.26. The van der Waals surface area contributed by atoms with E-state index in [9.17, 15) is 4.79 Å². The number of carbonyl (C=O) groups excluding carboxylic acids is 1. The van der Waals surface area contributed by atoms with Crippen molar-refractivity contribution in [2.24, 2.45) is 0 Å². The monoisotopic (exact) mass is 368 g/mol. The number of pyridine rings is 1. The van der Waals surface area contributed by atoms with Crippen LogP contribution in [0.2, 0.25) is 5.02 Å².